The van der Waals surface area contributed by atoms with Gasteiger partial charge in [-0.15, -0.1) is 16.4 Å². The number of fused-ring (bicyclic) bond motifs is 1. The fraction of sp³-hybridized carbons (Fsp3) is 0.238. The standard InChI is InChI=1S/C21H20N6OS/c1-14-5-6-20(29-14)16-10-17(12-18(11-16)27-13-22-23-24-27)21(28)26-9-8-25-7-3-4-19(25)15(26)2/h3-7,10-13,15H,8-9H2,1-2H3. The zero-order valence-electron chi connectivity index (χ0n) is 16.2. The Morgan fingerprint density at radius 1 is 1.17 bits per heavy atom. The van der Waals surface area contributed by atoms with E-state index in [1.165, 1.54) is 4.88 Å². The van der Waals surface area contributed by atoms with Crippen LogP contribution in [0.1, 0.15) is 33.9 Å². The highest BCUT2D eigenvalue weighted by Gasteiger charge is 2.28. The first-order valence-electron chi connectivity index (χ1n) is 9.51. The average molecular weight is 404 g/mol. The first-order chi connectivity index (χ1) is 14.1. The number of benzene rings is 1. The smallest absolute Gasteiger partial charge is 0.254 e. The molecule has 0 saturated carbocycles. The number of amides is 1. The van der Waals surface area contributed by atoms with Gasteiger partial charge in [0, 0.05) is 40.3 Å². The minimum atomic E-state index is 0.0226. The lowest BCUT2D eigenvalue weighted by Crippen LogP contribution is -2.40. The second-order valence-electron chi connectivity index (χ2n) is 7.23. The normalized spacial score (nSPS) is 16.1. The van der Waals surface area contributed by atoms with Gasteiger partial charge in [-0.25, -0.2) is 4.68 Å². The zero-order valence-corrected chi connectivity index (χ0v) is 17.0. The summed E-state index contributed by atoms with van der Waals surface area (Å²) in [6, 6.07) is 14.2. The average Bonchev–Trinajstić information content (AvgIpc) is 3.49. The summed E-state index contributed by atoms with van der Waals surface area (Å²) in [7, 11) is 0. The van der Waals surface area contributed by atoms with Crippen LogP contribution >= 0.6 is 11.3 Å². The molecule has 1 atom stereocenters. The maximum absolute atomic E-state index is 13.5. The van der Waals surface area contributed by atoms with Crippen LogP contribution in [0.15, 0.2) is 55.0 Å². The van der Waals surface area contributed by atoms with Gasteiger partial charge in [-0.05, 0) is 72.3 Å². The Bertz CT molecular complexity index is 1180. The molecule has 0 radical (unpaired) electrons. The predicted molar refractivity (Wildman–Crippen MR) is 111 cm³/mol. The zero-order chi connectivity index (χ0) is 20.0. The molecule has 1 aliphatic heterocycles. The molecule has 0 saturated heterocycles. The molecule has 4 heterocycles. The number of carbonyl (C=O) groups is 1. The summed E-state index contributed by atoms with van der Waals surface area (Å²) in [5.41, 5.74) is 3.57. The van der Waals surface area contributed by atoms with Gasteiger partial charge >= 0.3 is 0 Å². The van der Waals surface area contributed by atoms with Crippen LogP contribution in [0.25, 0.3) is 16.1 Å². The molecule has 0 fully saturated rings. The SMILES string of the molecule is Cc1ccc(-c2cc(C(=O)N3CCn4cccc4C3C)cc(-n3cnnn3)c2)s1. The van der Waals surface area contributed by atoms with E-state index in [4.69, 9.17) is 0 Å². The van der Waals surface area contributed by atoms with Crippen LogP contribution in [0.5, 0.6) is 0 Å². The maximum atomic E-state index is 13.5. The topological polar surface area (TPSA) is 68.8 Å². The third-order valence-corrected chi connectivity index (χ3v) is 6.46. The summed E-state index contributed by atoms with van der Waals surface area (Å²) in [6.07, 6.45) is 3.62. The van der Waals surface area contributed by atoms with Crippen LogP contribution in [0, 0.1) is 6.92 Å². The number of carbonyl (C=O) groups excluding carboxylic acids is 1. The third-order valence-electron chi connectivity index (χ3n) is 5.41. The number of hydrogen-bond acceptors (Lipinski definition) is 5. The Hall–Kier alpha value is -3.26. The van der Waals surface area contributed by atoms with E-state index < -0.39 is 0 Å². The van der Waals surface area contributed by atoms with Gasteiger partial charge in [-0.2, -0.15) is 0 Å². The summed E-state index contributed by atoms with van der Waals surface area (Å²) >= 11 is 1.71. The quantitative estimate of drug-likeness (QED) is 0.522. The number of rotatable bonds is 3. The van der Waals surface area contributed by atoms with E-state index in [2.05, 4.69) is 58.3 Å². The number of nitrogens with zero attached hydrogens (tertiary/aromatic N) is 6. The van der Waals surface area contributed by atoms with Crippen molar-refractivity contribution < 1.29 is 4.79 Å². The summed E-state index contributed by atoms with van der Waals surface area (Å²) in [5.74, 6) is 0.0226. The van der Waals surface area contributed by atoms with E-state index in [1.807, 2.05) is 29.2 Å². The molecule has 29 heavy (non-hydrogen) atoms. The second kappa shape index (κ2) is 6.97. The van der Waals surface area contributed by atoms with E-state index in [1.54, 1.807) is 22.3 Å². The fourth-order valence-electron chi connectivity index (χ4n) is 3.90. The molecule has 0 aliphatic carbocycles. The van der Waals surface area contributed by atoms with E-state index in [9.17, 15) is 4.79 Å². The van der Waals surface area contributed by atoms with Gasteiger partial charge in [0.25, 0.3) is 5.91 Å². The van der Waals surface area contributed by atoms with E-state index in [0.29, 0.717) is 12.1 Å². The number of thiophene rings is 1. The summed E-state index contributed by atoms with van der Waals surface area (Å²) in [4.78, 5) is 17.8. The molecule has 1 aromatic carbocycles. The Balaban J connectivity index is 1.57. The maximum Gasteiger partial charge on any atom is 0.254 e. The first kappa shape index (κ1) is 17.8. The van der Waals surface area contributed by atoms with Gasteiger partial charge in [-0.1, -0.05) is 0 Å². The van der Waals surface area contributed by atoms with Crippen molar-refractivity contribution in [3.8, 4) is 16.1 Å². The molecule has 1 amide bonds. The van der Waals surface area contributed by atoms with Gasteiger partial charge < -0.3 is 9.47 Å². The van der Waals surface area contributed by atoms with Crippen LogP contribution in [0.4, 0.5) is 0 Å². The van der Waals surface area contributed by atoms with Crippen molar-refractivity contribution >= 4 is 17.2 Å². The predicted octanol–water partition coefficient (Wildman–Crippen LogP) is 3.72. The monoisotopic (exact) mass is 404 g/mol. The fourth-order valence-corrected chi connectivity index (χ4v) is 4.76. The molecule has 4 aromatic rings. The minimum Gasteiger partial charge on any atom is -0.348 e. The van der Waals surface area contributed by atoms with Gasteiger partial charge in [0.1, 0.15) is 6.33 Å². The molecule has 0 bridgehead atoms. The van der Waals surface area contributed by atoms with Crippen LogP contribution in [0.3, 0.4) is 0 Å². The lowest BCUT2D eigenvalue weighted by molar-refractivity contribution is 0.0644. The van der Waals surface area contributed by atoms with E-state index in [0.717, 1.165) is 28.4 Å². The molecule has 8 heteroatoms. The number of hydrogen-bond donors (Lipinski definition) is 0. The lowest BCUT2D eigenvalue weighted by Gasteiger charge is -2.35. The van der Waals surface area contributed by atoms with Crippen LogP contribution in [-0.4, -0.2) is 42.1 Å². The highest BCUT2D eigenvalue weighted by molar-refractivity contribution is 7.15. The Labute approximate surface area is 172 Å². The lowest BCUT2D eigenvalue weighted by atomic mass is 10.0. The largest absolute Gasteiger partial charge is 0.348 e. The molecule has 7 nitrogen and oxygen atoms in total. The van der Waals surface area contributed by atoms with Gasteiger partial charge in [0.05, 0.1) is 11.7 Å². The molecule has 146 valence electrons. The Kier molecular flexibility index (Phi) is 4.28. The Morgan fingerprint density at radius 3 is 2.83 bits per heavy atom. The van der Waals surface area contributed by atoms with Crippen molar-refractivity contribution in [3.63, 3.8) is 0 Å². The number of aromatic nitrogens is 5. The molecule has 0 spiro atoms. The number of tetrazole rings is 1. The molecular weight excluding hydrogens is 384 g/mol. The van der Waals surface area contributed by atoms with Crippen molar-refractivity contribution in [1.82, 2.24) is 29.7 Å². The summed E-state index contributed by atoms with van der Waals surface area (Å²) in [6.45, 7) is 5.65. The molecule has 3 aromatic heterocycles. The van der Waals surface area contributed by atoms with E-state index in [-0.39, 0.29) is 11.9 Å². The highest BCUT2D eigenvalue weighted by Crippen LogP contribution is 2.32. The van der Waals surface area contributed by atoms with Crippen molar-refractivity contribution in [1.29, 1.82) is 0 Å². The van der Waals surface area contributed by atoms with Gasteiger partial charge in [0.15, 0.2) is 0 Å². The van der Waals surface area contributed by atoms with Gasteiger partial charge in [0.2, 0.25) is 0 Å². The van der Waals surface area contributed by atoms with Crippen LogP contribution < -0.4 is 0 Å². The molecule has 5 rings (SSSR count). The van der Waals surface area contributed by atoms with Crippen molar-refractivity contribution in [2.75, 3.05) is 6.54 Å². The van der Waals surface area contributed by atoms with E-state index >= 15 is 0 Å². The molecule has 1 unspecified atom stereocenters. The van der Waals surface area contributed by atoms with Gasteiger partial charge in [-0.3, -0.25) is 4.79 Å². The first-order valence-corrected chi connectivity index (χ1v) is 10.3. The van der Waals surface area contributed by atoms with Crippen molar-refractivity contribution in [2.45, 2.75) is 26.4 Å². The number of aryl methyl sites for hydroxylation is 1. The third kappa shape index (κ3) is 3.15. The molecule has 1 aliphatic rings. The summed E-state index contributed by atoms with van der Waals surface area (Å²) in [5, 5.41) is 11.5. The molecular formula is C21H20N6OS. The van der Waals surface area contributed by atoms with Crippen molar-refractivity contribution in [2.24, 2.45) is 0 Å². The minimum absolute atomic E-state index is 0.0226. The van der Waals surface area contributed by atoms with Crippen LogP contribution in [0.2, 0.25) is 0 Å². The van der Waals surface area contributed by atoms with Crippen molar-refractivity contribution in [3.05, 3.63) is 71.1 Å². The highest BCUT2D eigenvalue weighted by atomic mass is 32.1. The Morgan fingerprint density at radius 2 is 2.07 bits per heavy atom. The molecule has 0 N–H and O–H groups in total. The summed E-state index contributed by atoms with van der Waals surface area (Å²) < 4.78 is 3.80. The van der Waals surface area contributed by atoms with Crippen LogP contribution in [-0.2, 0) is 6.54 Å². The second-order valence-corrected chi connectivity index (χ2v) is 8.52.